The van der Waals surface area contributed by atoms with Gasteiger partial charge in [0.1, 0.15) is 5.75 Å². The summed E-state index contributed by atoms with van der Waals surface area (Å²) in [5.41, 5.74) is -0.110. The number of ether oxygens (including phenoxy) is 1. The summed E-state index contributed by atoms with van der Waals surface area (Å²) in [7, 11) is 0. The lowest BCUT2D eigenvalue weighted by atomic mass is 9.59. The third-order valence-electron chi connectivity index (χ3n) is 8.13. The fraction of sp³-hybridized carbons (Fsp3) is 0.517. The molecule has 1 aliphatic carbocycles. The highest BCUT2D eigenvalue weighted by atomic mass is 16.6. The Labute approximate surface area is 212 Å². The number of hydrogen-bond acceptors (Lipinski definition) is 6. The molecule has 2 heterocycles. The van der Waals surface area contributed by atoms with Gasteiger partial charge >= 0.3 is 5.97 Å². The zero-order valence-corrected chi connectivity index (χ0v) is 21.0. The van der Waals surface area contributed by atoms with Gasteiger partial charge in [-0.15, -0.1) is 0 Å². The smallest absolute Gasteiger partial charge is 0.331 e. The number of carbonyl (C=O) groups is 2. The molecule has 2 aliphatic heterocycles. The van der Waals surface area contributed by atoms with E-state index in [0.29, 0.717) is 24.3 Å². The topological polar surface area (TPSA) is 116 Å². The van der Waals surface area contributed by atoms with E-state index in [1.54, 1.807) is 24.3 Å². The van der Waals surface area contributed by atoms with Gasteiger partial charge in [-0.2, -0.15) is 0 Å². The molecule has 4 rings (SSSR count). The fourth-order valence-corrected chi connectivity index (χ4v) is 6.11. The van der Waals surface area contributed by atoms with Gasteiger partial charge in [0.05, 0.1) is 18.1 Å². The average Bonchev–Trinajstić information content (AvgIpc) is 3.10. The normalized spacial score (nSPS) is 37.4. The molecule has 0 aromatic heterocycles. The zero-order chi connectivity index (χ0) is 26.0. The second-order valence-electron chi connectivity index (χ2n) is 10.7. The van der Waals surface area contributed by atoms with Crippen LogP contribution in [0.4, 0.5) is 0 Å². The van der Waals surface area contributed by atoms with Crippen LogP contribution in [0.1, 0.15) is 45.1 Å². The van der Waals surface area contributed by atoms with Crippen LogP contribution in [0.2, 0.25) is 0 Å². The average molecular weight is 496 g/mol. The van der Waals surface area contributed by atoms with Gasteiger partial charge in [0.25, 0.3) is 5.91 Å². The van der Waals surface area contributed by atoms with Crippen LogP contribution in [0.5, 0.6) is 5.75 Å². The fourth-order valence-electron chi connectivity index (χ4n) is 6.11. The van der Waals surface area contributed by atoms with Crippen molar-refractivity contribution in [1.82, 2.24) is 5.32 Å². The van der Waals surface area contributed by atoms with Crippen molar-refractivity contribution in [3.8, 4) is 5.75 Å². The summed E-state index contributed by atoms with van der Waals surface area (Å²) in [4.78, 5) is 26.8. The molecule has 36 heavy (non-hydrogen) atoms. The Balaban J connectivity index is 1.77. The maximum atomic E-state index is 13.8. The van der Waals surface area contributed by atoms with Crippen LogP contribution in [0.15, 0.2) is 60.7 Å². The highest BCUT2D eigenvalue weighted by Gasteiger charge is 2.67. The van der Waals surface area contributed by atoms with Crippen molar-refractivity contribution in [1.29, 1.82) is 0 Å². The molecule has 1 saturated heterocycles. The van der Waals surface area contributed by atoms with E-state index in [-0.39, 0.29) is 17.7 Å². The lowest BCUT2D eigenvalue weighted by Gasteiger charge is -2.49. The number of rotatable bonds is 2. The zero-order valence-electron chi connectivity index (χ0n) is 21.0. The highest BCUT2D eigenvalue weighted by Crippen LogP contribution is 2.52. The van der Waals surface area contributed by atoms with Gasteiger partial charge in [-0.1, -0.05) is 57.6 Å². The number of aliphatic hydroxyl groups is 2. The standard InChI is InChI=1S/C29H37NO6/c1-17-6-4-8-21(31)14-15-25(33)36-29-23(9-5-7-17)27(34)19(3)18(2)26(29)24(30-28(29)35)16-20-10-12-22(32)13-11-20/h5,9-15,17-18,21,23-24,26-27,31-32,34H,3-4,6-8,16H2,1-2H3,(H,30,35). The number of phenolic OH excluding ortho intramolecular Hbond substituents is 1. The van der Waals surface area contributed by atoms with Crippen molar-refractivity contribution in [3.05, 3.63) is 66.3 Å². The summed E-state index contributed by atoms with van der Waals surface area (Å²) >= 11 is 0. The monoisotopic (exact) mass is 495 g/mol. The second kappa shape index (κ2) is 10.6. The lowest BCUT2D eigenvalue weighted by Crippen LogP contribution is -2.61. The van der Waals surface area contributed by atoms with Crippen LogP contribution in [0, 0.1) is 23.7 Å². The Kier molecular flexibility index (Phi) is 7.71. The number of aliphatic hydroxyl groups excluding tert-OH is 2. The van der Waals surface area contributed by atoms with Crippen LogP contribution >= 0.6 is 0 Å². The number of aromatic hydroxyl groups is 1. The Morgan fingerprint density at radius 2 is 1.83 bits per heavy atom. The molecule has 1 aromatic rings. The molecule has 7 nitrogen and oxygen atoms in total. The van der Waals surface area contributed by atoms with Crippen LogP contribution in [0.3, 0.4) is 0 Å². The summed E-state index contributed by atoms with van der Waals surface area (Å²) in [5.74, 6) is -2.24. The van der Waals surface area contributed by atoms with Crippen molar-refractivity contribution in [2.24, 2.45) is 23.7 Å². The minimum absolute atomic E-state index is 0.154. The predicted octanol–water partition coefficient (Wildman–Crippen LogP) is 3.20. The maximum Gasteiger partial charge on any atom is 0.331 e. The third-order valence-corrected chi connectivity index (χ3v) is 8.13. The number of phenols is 1. The highest BCUT2D eigenvalue weighted by molar-refractivity contribution is 5.94. The van der Waals surface area contributed by atoms with E-state index < -0.39 is 41.5 Å². The molecule has 1 saturated carbocycles. The number of hydrogen-bond donors (Lipinski definition) is 4. The molecule has 4 N–H and O–H groups in total. The summed E-state index contributed by atoms with van der Waals surface area (Å²) in [6, 6.07) is 6.41. The minimum atomic E-state index is -1.63. The van der Waals surface area contributed by atoms with Crippen molar-refractivity contribution >= 4 is 11.9 Å². The molecule has 8 unspecified atom stereocenters. The Bertz CT molecular complexity index is 1050. The second-order valence-corrected chi connectivity index (χ2v) is 10.7. The Morgan fingerprint density at radius 1 is 1.11 bits per heavy atom. The number of carbonyl (C=O) groups excluding carboxylic acids is 2. The molecular weight excluding hydrogens is 458 g/mol. The molecular formula is C29H37NO6. The number of allylic oxidation sites excluding steroid dienone is 1. The van der Waals surface area contributed by atoms with E-state index in [4.69, 9.17) is 4.74 Å². The predicted molar refractivity (Wildman–Crippen MR) is 136 cm³/mol. The molecule has 1 spiro atoms. The number of esters is 1. The molecule has 2 fully saturated rings. The number of nitrogens with one attached hydrogen (secondary N) is 1. The van der Waals surface area contributed by atoms with Crippen molar-refractivity contribution < 1.29 is 29.6 Å². The van der Waals surface area contributed by atoms with Crippen LogP contribution in [-0.4, -0.2) is 51.0 Å². The number of amides is 1. The van der Waals surface area contributed by atoms with Gasteiger partial charge in [-0.3, -0.25) is 4.79 Å². The van der Waals surface area contributed by atoms with Crippen molar-refractivity contribution in [2.45, 2.75) is 69.8 Å². The van der Waals surface area contributed by atoms with Gasteiger partial charge in [0.15, 0.2) is 0 Å². The Morgan fingerprint density at radius 3 is 2.56 bits per heavy atom. The molecule has 0 radical (unpaired) electrons. The van der Waals surface area contributed by atoms with Gasteiger partial charge in [-0.05, 0) is 60.4 Å². The maximum absolute atomic E-state index is 13.8. The largest absolute Gasteiger partial charge is 0.508 e. The third kappa shape index (κ3) is 5.00. The summed E-state index contributed by atoms with van der Waals surface area (Å²) in [5, 5.41) is 34.3. The van der Waals surface area contributed by atoms with Crippen molar-refractivity contribution in [2.75, 3.05) is 0 Å². The van der Waals surface area contributed by atoms with Crippen LogP contribution in [0.25, 0.3) is 0 Å². The van der Waals surface area contributed by atoms with E-state index in [1.165, 1.54) is 12.2 Å². The van der Waals surface area contributed by atoms with Gasteiger partial charge in [0, 0.05) is 18.0 Å². The quantitative estimate of drug-likeness (QED) is 0.370. The summed E-state index contributed by atoms with van der Waals surface area (Å²) < 4.78 is 6.03. The molecule has 1 aromatic carbocycles. The summed E-state index contributed by atoms with van der Waals surface area (Å²) in [6.07, 6.45) is 8.04. The molecule has 1 amide bonds. The van der Waals surface area contributed by atoms with E-state index in [9.17, 15) is 24.9 Å². The molecule has 194 valence electrons. The van der Waals surface area contributed by atoms with Crippen LogP contribution in [-0.2, 0) is 20.7 Å². The molecule has 3 aliphatic rings. The van der Waals surface area contributed by atoms with Gasteiger partial charge in [-0.25, -0.2) is 4.79 Å². The molecule has 7 heteroatoms. The van der Waals surface area contributed by atoms with E-state index in [0.717, 1.165) is 24.8 Å². The first-order chi connectivity index (χ1) is 17.1. The first kappa shape index (κ1) is 26.2. The van der Waals surface area contributed by atoms with Crippen molar-refractivity contribution in [3.63, 3.8) is 0 Å². The first-order valence-corrected chi connectivity index (χ1v) is 12.8. The van der Waals surface area contributed by atoms with Crippen LogP contribution < -0.4 is 5.32 Å². The molecule has 0 bridgehead atoms. The van der Waals surface area contributed by atoms with Gasteiger partial charge < -0.3 is 25.4 Å². The Hall–Kier alpha value is -2.90. The van der Waals surface area contributed by atoms with Gasteiger partial charge in [0.2, 0.25) is 5.60 Å². The molecule has 8 atom stereocenters. The summed E-state index contributed by atoms with van der Waals surface area (Å²) in [6.45, 7) is 8.20. The van der Waals surface area contributed by atoms with E-state index in [1.807, 2.05) is 19.1 Å². The minimum Gasteiger partial charge on any atom is -0.508 e. The first-order valence-electron chi connectivity index (χ1n) is 12.8. The van der Waals surface area contributed by atoms with E-state index >= 15 is 0 Å². The van der Waals surface area contributed by atoms with E-state index in [2.05, 4.69) is 18.8 Å². The lowest BCUT2D eigenvalue weighted by molar-refractivity contribution is -0.182. The SMILES string of the molecule is C=C1C(C)C2C(Cc3ccc(O)cc3)NC(=O)C23OC(=O)C=CC(O)CCCC(C)CC=CC3C1O. The number of benzene rings is 1.